The summed E-state index contributed by atoms with van der Waals surface area (Å²) in [5, 5.41) is 0. The van der Waals surface area contributed by atoms with Crippen LogP contribution in [-0.4, -0.2) is 11.8 Å². The Labute approximate surface area is 297 Å². The van der Waals surface area contributed by atoms with Crippen molar-refractivity contribution in [2.45, 2.75) is 80.2 Å². The van der Waals surface area contributed by atoms with Crippen LogP contribution in [0.4, 0.5) is 0 Å². The summed E-state index contributed by atoms with van der Waals surface area (Å²) in [4.78, 5) is 0. The van der Waals surface area contributed by atoms with Crippen molar-refractivity contribution < 1.29 is 41.8 Å². The third kappa shape index (κ3) is 6.41. The van der Waals surface area contributed by atoms with Gasteiger partial charge in [0.05, 0.1) is 0 Å². The van der Waals surface area contributed by atoms with E-state index in [0.717, 1.165) is 30.9 Å². The molecule has 0 heterocycles. The van der Waals surface area contributed by atoms with Gasteiger partial charge in [-0.1, -0.05) is 0 Å². The van der Waals surface area contributed by atoms with E-state index in [1.807, 2.05) is 0 Å². The average molecular weight is 798 g/mol. The van der Waals surface area contributed by atoms with E-state index >= 15 is 0 Å². The molecule has 8 unspecified atom stereocenters. The van der Waals surface area contributed by atoms with E-state index in [1.165, 1.54) is 31.2 Å². The zero-order valence-corrected chi connectivity index (χ0v) is 36.2. The van der Waals surface area contributed by atoms with Gasteiger partial charge >= 0.3 is 300 Å². The molecule has 6 aliphatic carbocycles. The van der Waals surface area contributed by atoms with E-state index in [2.05, 4.69) is 149 Å². The second-order valence-electron chi connectivity index (χ2n) is 15.6. The maximum atomic E-state index is 2.71. The number of benzene rings is 2. The second-order valence-corrected chi connectivity index (χ2v) is 56.5. The summed E-state index contributed by atoms with van der Waals surface area (Å²) in [7, 11) is 0. The average Bonchev–Trinajstić information content (AvgIpc) is 3.82. The molecule has 0 nitrogen and oxygen atoms in total. The molecule has 0 aliphatic heterocycles. The molecule has 0 aromatic heterocycles. The molecule has 0 N–H and O–H groups in total. The SMILES string of the molecule is CC1=Cc2ccccc2[CH]1[Zr]([CH]1C(C)=Cc2ccccc21)[SiH](C)C.C[SiH](C)[Zr]([CH]1CCC2C=CC=CC21)[CH]1CCC2C=CC=CC21. The normalized spacial score (nSPS) is 31.2. The van der Waals surface area contributed by atoms with E-state index in [1.54, 1.807) is 35.1 Å². The summed E-state index contributed by atoms with van der Waals surface area (Å²) in [6, 6.07) is 18.3. The van der Waals surface area contributed by atoms with Crippen molar-refractivity contribution in [3.63, 3.8) is 0 Å². The first-order valence-electron chi connectivity index (χ1n) is 18.3. The van der Waals surface area contributed by atoms with Gasteiger partial charge in [-0.3, -0.25) is 0 Å². The van der Waals surface area contributed by atoms with Crippen LogP contribution in [0.1, 0.15) is 69.0 Å². The third-order valence-electron chi connectivity index (χ3n) is 12.3. The summed E-state index contributed by atoms with van der Waals surface area (Å²) in [6.07, 6.45) is 30.6. The Morgan fingerprint density at radius 1 is 0.522 bits per heavy atom. The van der Waals surface area contributed by atoms with E-state index in [4.69, 9.17) is 0 Å². The van der Waals surface area contributed by atoms with Crippen molar-refractivity contribution in [3.05, 3.63) is 131 Å². The van der Waals surface area contributed by atoms with Crippen LogP contribution in [0.3, 0.4) is 0 Å². The molecule has 8 atom stereocenters. The van der Waals surface area contributed by atoms with Gasteiger partial charge in [-0.2, -0.15) is 0 Å². The number of rotatable bonds is 6. The molecule has 8 rings (SSSR count). The third-order valence-corrected chi connectivity index (χ3v) is 58.2. The number of hydrogen-bond acceptors (Lipinski definition) is 0. The Hall–Kier alpha value is -0.920. The van der Waals surface area contributed by atoms with Crippen molar-refractivity contribution >= 4 is 24.0 Å². The summed E-state index contributed by atoms with van der Waals surface area (Å²) in [6.45, 7) is 15.4. The Morgan fingerprint density at radius 3 is 1.37 bits per heavy atom. The summed E-state index contributed by atoms with van der Waals surface area (Å²) in [5.41, 5.74) is 9.54. The van der Waals surface area contributed by atoms with Crippen molar-refractivity contribution in [1.82, 2.24) is 0 Å². The van der Waals surface area contributed by atoms with Crippen LogP contribution in [0.25, 0.3) is 12.2 Å². The molecular weight excluding hydrogens is 743 g/mol. The monoisotopic (exact) mass is 794 g/mol. The Balaban J connectivity index is 0.000000147. The predicted molar refractivity (Wildman–Crippen MR) is 200 cm³/mol. The van der Waals surface area contributed by atoms with Gasteiger partial charge in [0, 0.05) is 0 Å². The van der Waals surface area contributed by atoms with Crippen LogP contribution >= 0.6 is 0 Å². The standard InChI is InChI=1S/2C10H9.2C9H11.2C2H7Si.2Zr/c2*1-8-6-9-4-2-3-5-10(9)7-8;2*1-2-5-9-7-3-6-8(9)4-1;2*1-3-2;;/h2*2-7H,1H3;2*1-2,4-6,8-9H,3,7H2;2*3H,1-2H3;;. The Morgan fingerprint density at radius 2 is 0.935 bits per heavy atom. The molecule has 0 bridgehead atoms. The van der Waals surface area contributed by atoms with Crippen LogP contribution in [0.5, 0.6) is 0 Å². The van der Waals surface area contributed by atoms with E-state index < -0.39 is 53.7 Å². The van der Waals surface area contributed by atoms with Crippen molar-refractivity contribution in [2.24, 2.45) is 23.7 Å². The van der Waals surface area contributed by atoms with Crippen LogP contribution in [0.2, 0.25) is 33.4 Å². The zero-order valence-electron chi connectivity index (χ0n) is 29.0. The first kappa shape index (κ1) is 33.6. The minimum absolute atomic E-state index is 0.444. The van der Waals surface area contributed by atoms with E-state index in [-0.39, 0.29) is 0 Å². The maximum absolute atomic E-state index is 2.71. The second kappa shape index (κ2) is 14.5. The molecule has 2 saturated carbocycles. The molecule has 0 radical (unpaired) electrons. The molecular formula is C42H54Si2Zr2. The van der Waals surface area contributed by atoms with Gasteiger partial charge in [0.25, 0.3) is 0 Å². The van der Waals surface area contributed by atoms with Crippen LogP contribution in [-0.2, 0) is 41.8 Å². The number of hydrogen-bond donors (Lipinski definition) is 0. The molecule has 0 spiro atoms. The first-order valence-corrected chi connectivity index (χ1v) is 38.3. The van der Waals surface area contributed by atoms with Gasteiger partial charge in [-0.25, -0.2) is 0 Å². The molecule has 2 aromatic carbocycles. The van der Waals surface area contributed by atoms with Gasteiger partial charge in [0.2, 0.25) is 0 Å². The van der Waals surface area contributed by atoms with Crippen molar-refractivity contribution in [1.29, 1.82) is 0 Å². The molecule has 6 aliphatic rings. The van der Waals surface area contributed by atoms with Gasteiger partial charge in [0.15, 0.2) is 0 Å². The van der Waals surface area contributed by atoms with E-state index in [0.29, 0.717) is 0 Å². The fourth-order valence-electron chi connectivity index (χ4n) is 10.5. The predicted octanol–water partition coefficient (Wildman–Crippen LogP) is 11.4. The molecule has 238 valence electrons. The topological polar surface area (TPSA) is 0 Å². The molecule has 2 fully saturated rings. The summed E-state index contributed by atoms with van der Waals surface area (Å²) in [5.74, 6) is 2.57. The van der Waals surface area contributed by atoms with Gasteiger partial charge < -0.3 is 0 Å². The van der Waals surface area contributed by atoms with Gasteiger partial charge in [-0.15, -0.1) is 0 Å². The molecule has 2 aromatic rings. The fourth-order valence-corrected chi connectivity index (χ4v) is 60.5. The number of allylic oxidation sites excluding steroid dienone is 10. The van der Waals surface area contributed by atoms with E-state index in [9.17, 15) is 0 Å². The number of fused-ring (bicyclic) bond motifs is 4. The quantitative estimate of drug-likeness (QED) is 0.256. The summed E-state index contributed by atoms with van der Waals surface area (Å²) >= 11 is -3.05. The van der Waals surface area contributed by atoms with Gasteiger partial charge in [-0.05, 0) is 0 Å². The molecule has 0 amide bonds. The molecule has 0 saturated heterocycles. The van der Waals surface area contributed by atoms with Crippen LogP contribution in [0, 0.1) is 23.7 Å². The van der Waals surface area contributed by atoms with Crippen LogP contribution in [0.15, 0.2) is 108 Å². The Kier molecular flexibility index (Phi) is 10.6. The van der Waals surface area contributed by atoms with Crippen molar-refractivity contribution in [3.8, 4) is 0 Å². The van der Waals surface area contributed by atoms with Crippen LogP contribution < -0.4 is 0 Å². The fraction of sp³-hybridized carbons (Fsp3) is 0.429. The van der Waals surface area contributed by atoms with Crippen molar-refractivity contribution in [2.75, 3.05) is 0 Å². The van der Waals surface area contributed by atoms with Gasteiger partial charge in [0.1, 0.15) is 0 Å². The zero-order chi connectivity index (χ0) is 31.9. The molecule has 46 heavy (non-hydrogen) atoms. The minimum atomic E-state index is -1.72. The Bertz CT molecular complexity index is 1500. The molecule has 4 heteroatoms. The first-order chi connectivity index (χ1) is 22.3. The summed E-state index contributed by atoms with van der Waals surface area (Å²) < 4.78 is 3.91.